The molecule has 20 heavy (non-hydrogen) atoms. The van der Waals surface area contributed by atoms with E-state index in [1.165, 1.54) is 0 Å². The summed E-state index contributed by atoms with van der Waals surface area (Å²) in [5.74, 6) is 1.53. The molecule has 2 aromatic rings. The summed E-state index contributed by atoms with van der Waals surface area (Å²) in [5, 5.41) is 0.965. The van der Waals surface area contributed by atoms with Crippen molar-refractivity contribution in [3.05, 3.63) is 28.8 Å². The Hall–Kier alpha value is -1.59. The Balaban J connectivity index is 2.38. The van der Waals surface area contributed by atoms with Crippen LogP contribution in [0.1, 0.15) is 24.4 Å². The summed E-state index contributed by atoms with van der Waals surface area (Å²) in [4.78, 5) is 5.69. The van der Waals surface area contributed by atoms with Gasteiger partial charge in [0, 0.05) is 17.0 Å². The second-order valence-electron chi connectivity index (χ2n) is 4.26. The highest BCUT2D eigenvalue weighted by Crippen LogP contribution is 2.35. The van der Waals surface area contributed by atoms with Crippen molar-refractivity contribution in [3.63, 3.8) is 0 Å². The monoisotopic (exact) mass is 292 g/mol. The fraction of sp³-hybridized carbons (Fsp3) is 0.400. The lowest BCUT2D eigenvalue weighted by Gasteiger charge is -2.11. The van der Waals surface area contributed by atoms with Crippen LogP contribution in [0.3, 0.4) is 0 Å². The van der Waals surface area contributed by atoms with Gasteiger partial charge in [0.1, 0.15) is 5.01 Å². The van der Waals surface area contributed by atoms with E-state index in [0.717, 1.165) is 32.6 Å². The topological polar surface area (TPSA) is 57.4 Å². The first-order chi connectivity index (χ1) is 9.69. The Morgan fingerprint density at radius 3 is 2.45 bits per heavy atom. The SMILES string of the molecule is CCOc1ccc(-c2nc(C)c(CN)s2)cc1OCC. The molecule has 0 fully saturated rings. The molecule has 5 heteroatoms. The first-order valence-corrected chi connectivity index (χ1v) is 7.57. The summed E-state index contributed by atoms with van der Waals surface area (Å²) in [7, 11) is 0. The van der Waals surface area contributed by atoms with E-state index < -0.39 is 0 Å². The van der Waals surface area contributed by atoms with Crippen molar-refractivity contribution in [1.29, 1.82) is 0 Å². The molecular weight excluding hydrogens is 272 g/mol. The maximum absolute atomic E-state index is 5.71. The summed E-state index contributed by atoms with van der Waals surface area (Å²) < 4.78 is 11.2. The van der Waals surface area contributed by atoms with Gasteiger partial charge in [-0.25, -0.2) is 4.98 Å². The van der Waals surface area contributed by atoms with Crippen LogP contribution in [0.4, 0.5) is 0 Å². The predicted molar refractivity (Wildman–Crippen MR) is 82.5 cm³/mol. The van der Waals surface area contributed by atoms with Crippen LogP contribution in [0.2, 0.25) is 0 Å². The van der Waals surface area contributed by atoms with Gasteiger partial charge in [0.2, 0.25) is 0 Å². The van der Waals surface area contributed by atoms with Gasteiger partial charge in [-0.15, -0.1) is 11.3 Å². The van der Waals surface area contributed by atoms with Crippen molar-refractivity contribution in [2.24, 2.45) is 5.73 Å². The second-order valence-corrected chi connectivity index (χ2v) is 5.34. The number of rotatable bonds is 6. The average Bonchev–Trinajstić information content (AvgIpc) is 2.82. The summed E-state index contributed by atoms with van der Waals surface area (Å²) in [6.45, 7) is 7.66. The van der Waals surface area contributed by atoms with Gasteiger partial charge in [-0.2, -0.15) is 0 Å². The highest BCUT2D eigenvalue weighted by Gasteiger charge is 2.12. The van der Waals surface area contributed by atoms with Gasteiger partial charge in [-0.05, 0) is 39.0 Å². The fourth-order valence-corrected chi connectivity index (χ4v) is 2.86. The highest BCUT2D eigenvalue weighted by molar-refractivity contribution is 7.15. The Kier molecular flexibility index (Phi) is 4.98. The Morgan fingerprint density at radius 2 is 1.85 bits per heavy atom. The number of ether oxygens (including phenoxy) is 2. The molecule has 0 saturated carbocycles. The molecule has 0 saturated heterocycles. The third-order valence-corrected chi connectivity index (χ3v) is 4.10. The molecule has 1 aromatic heterocycles. The summed E-state index contributed by atoms with van der Waals surface area (Å²) in [6.07, 6.45) is 0. The van der Waals surface area contributed by atoms with Crippen LogP contribution in [0, 0.1) is 6.92 Å². The van der Waals surface area contributed by atoms with Gasteiger partial charge in [0.15, 0.2) is 11.5 Å². The number of aryl methyl sites for hydroxylation is 1. The van der Waals surface area contributed by atoms with E-state index in [0.29, 0.717) is 19.8 Å². The van der Waals surface area contributed by atoms with Crippen LogP contribution >= 0.6 is 11.3 Å². The van der Waals surface area contributed by atoms with E-state index in [2.05, 4.69) is 4.98 Å². The molecule has 0 unspecified atom stereocenters. The minimum Gasteiger partial charge on any atom is -0.490 e. The van der Waals surface area contributed by atoms with E-state index in [9.17, 15) is 0 Å². The molecule has 0 amide bonds. The molecule has 0 atom stereocenters. The first-order valence-electron chi connectivity index (χ1n) is 6.76. The summed E-state index contributed by atoms with van der Waals surface area (Å²) in [5.41, 5.74) is 7.74. The van der Waals surface area contributed by atoms with Crippen LogP contribution in [0.15, 0.2) is 18.2 Å². The van der Waals surface area contributed by atoms with Gasteiger partial charge < -0.3 is 15.2 Å². The summed E-state index contributed by atoms with van der Waals surface area (Å²) in [6, 6.07) is 5.92. The lowest BCUT2D eigenvalue weighted by atomic mass is 10.2. The predicted octanol–water partition coefficient (Wildman–Crippen LogP) is 3.37. The highest BCUT2D eigenvalue weighted by atomic mass is 32.1. The minimum absolute atomic E-state index is 0.527. The number of nitrogens with two attached hydrogens (primary N) is 1. The largest absolute Gasteiger partial charge is 0.490 e. The lowest BCUT2D eigenvalue weighted by Crippen LogP contribution is -1.98. The zero-order chi connectivity index (χ0) is 14.5. The van der Waals surface area contributed by atoms with Crippen LogP contribution < -0.4 is 15.2 Å². The third kappa shape index (κ3) is 3.11. The molecule has 1 heterocycles. The molecule has 0 bridgehead atoms. The third-order valence-electron chi connectivity index (χ3n) is 2.87. The first kappa shape index (κ1) is 14.8. The van der Waals surface area contributed by atoms with Crippen molar-refractivity contribution in [1.82, 2.24) is 4.98 Å². The van der Waals surface area contributed by atoms with Gasteiger partial charge in [-0.3, -0.25) is 0 Å². The van der Waals surface area contributed by atoms with Crippen molar-refractivity contribution in [2.45, 2.75) is 27.3 Å². The van der Waals surface area contributed by atoms with Crippen molar-refractivity contribution < 1.29 is 9.47 Å². The van der Waals surface area contributed by atoms with Crippen LogP contribution in [-0.4, -0.2) is 18.2 Å². The standard InChI is InChI=1S/C15H20N2O2S/c1-4-18-12-7-6-11(8-13(12)19-5-2)15-17-10(3)14(9-16)20-15/h6-8H,4-5,9,16H2,1-3H3. The normalized spacial score (nSPS) is 10.6. The molecule has 2 rings (SSSR count). The Labute approximate surface area is 123 Å². The molecule has 108 valence electrons. The molecule has 0 radical (unpaired) electrons. The maximum atomic E-state index is 5.71. The Morgan fingerprint density at radius 1 is 1.15 bits per heavy atom. The number of thiazole rings is 1. The Bertz CT molecular complexity index is 581. The number of hydrogen-bond acceptors (Lipinski definition) is 5. The quantitative estimate of drug-likeness (QED) is 0.887. The van der Waals surface area contributed by atoms with Crippen LogP contribution in [0.25, 0.3) is 10.6 Å². The molecule has 1 aromatic carbocycles. The van der Waals surface area contributed by atoms with E-state index >= 15 is 0 Å². The van der Waals surface area contributed by atoms with Crippen molar-refractivity contribution in [3.8, 4) is 22.1 Å². The number of benzene rings is 1. The molecule has 0 aliphatic heterocycles. The number of hydrogen-bond donors (Lipinski definition) is 1. The van der Waals surface area contributed by atoms with E-state index in [1.807, 2.05) is 39.0 Å². The van der Waals surface area contributed by atoms with Gasteiger partial charge in [-0.1, -0.05) is 0 Å². The van der Waals surface area contributed by atoms with Gasteiger partial charge in [0.25, 0.3) is 0 Å². The van der Waals surface area contributed by atoms with Crippen LogP contribution in [0.5, 0.6) is 11.5 Å². The number of nitrogens with zero attached hydrogens (tertiary/aromatic N) is 1. The molecule has 2 N–H and O–H groups in total. The zero-order valence-electron chi connectivity index (χ0n) is 12.1. The molecule has 4 nitrogen and oxygen atoms in total. The molecule has 0 aliphatic rings. The maximum Gasteiger partial charge on any atom is 0.161 e. The molecule has 0 spiro atoms. The number of aromatic nitrogens is 1. The smallest absolute Gasteiger partial charge is 0.161 e. The van der Waals surface area contributed by atoms with Crippen molar-refractivity contribution in [2.75, 3.05) is 13.2 Å². The van der Waals surface area contributed by atoms with Gasteiger partial charge in [0.05, 0.1) is 18.9 Å². The fourth-order valence-electron chi connectivity index (χ4n) is 1.93. The minimum atomic E-state index is 0.527. The zero-order valence-corrected chi connectivity index (χ0v) is 12.9. The van der Waals surface area contributed by atoms with Crippen LogP contribution in [-0.2, 0) is 6.54 Å². The second kappa shape index (κ2) is 6.72. The summed E-state index contributed by atoms with van der Waals surface area (Å²) >= 11 is 1.63. The van der Waals surface area contributed by atoms with Crippen molar-refractivity contribution >= 4 is 11.3 Å². The molecular formula is C15H20N2O2S. The molecule has 0 aliphatic carbocycles. The van der Waals surface area contributed by atoms with E-state index in [1.54, 1.807) is 11.3 Å². The average molecular weight is 292 g/mol. The van der Waals surface area contributed by atoms with Gasteiger partial charge >= 0.3 is 0 Å². The van der Waals surface area contributed by atoms with E-state index in [4.69, 9.17) is 15.2 Å². The van der Waals surface area contributed by atoms with E-state index in [-0.39, 0.29) is 0 Å². The lowest BCUT2D eigenvalue weighted by molar-refractivity contribution is 0.288.